The summed E-state index contributed by atoms with van der Waals surface area (Å²) < 4.78 is 4.11. The second-order valence-electron chi connectivity index (χ2n) is 6.44. The van der Waals surface area contributed by atoms with E-state index in [0.717, 1.165) is 35.2 Å². The Bertz CT molecular complexity index is 905. The summed E-state index contributed by atoms with van der Waals surface area (Å²) in [5.74, 6) is 0. The van der Waals surface area contributed by atoms with Gasteiger partial charge in [-0.2, -0.15) is 0 Å². The molecular weight excluding hydrogens is 300 g/mol. The number of rotatable bonds is 5. The zero-order valence-electron chi connectivity index (χ0n) is 14.7. The first-order valence-electron chi connectivity index (χ1n) is 8.12. The molecule has 0 aliphatic rings. The molecule has 0 spiro atoms. The van der Waals surface area contributed by atoms with Gasteiger partial charge < -0.3 is 14.0 Å². The third-order valence-electron chi connectivity index (χ3n) is 4.52. The van der Waals surface area contributed by atoms with Crippen LogP contribution >= 0.6 is 0 Å². The van der Waals surface area contributed by atoms with Gasteiger partial charge in [-0.25, -0.2) is 4.98 Å². The SMILES string of the molecule is Cc1c(C)n(CCN(C)C)c2ncn(Cc3ccncc3)c(=N)c12. The van der Waals surface area contributed by atoms with Gasteiger partial charge in [0.15, 0.2) is 0 Å². The van der Waals surface area contributed by atoms with Crippen molar-refractivity contribution < 1.29 is 0 Å². The molecule has 0 aliphatic heterocycles. The highest BCUT2D eigenvalue weighted by molar-refractivity contribution is 5.80. The predicted octanol–water partition coefficient (Wildman–Crippen LogP) is 1.94. The predicted molar refractivity (Wildman–Crippen MR) is 94.9 cm³/mol. The molecule has 0 atom stereocenters. The van der Waals surface area contributed by atoms with Crippen molar-refractivity contribution in [1.29, 1.82) is 5.41 Å². The number of pyridine rings is 1. The second-order valence-corrected chi connectivity index (χ2v) is 6.44. The van der Waals surface area contributed by atoms with Crippen LogP contribution in [0, 0.1) is 19.3 Å². The third kappa shape index (κ3) is 2.97. The zero-order chi connectivity index (χ0) is 17.3. The maximum atomic E-state index is 8.64. The number of nitrogens with zero attached hydrogens (tertiary/aromatic N) is 5. The van der Waals surface area contributed by atoms with Crippen molar-refractivity contribution >= 4 is 11.0 Å². The van der Waals surface area contributed by atoms with Gasteiger partial charge in [-0.05, 0) is 51.2 Å². The molecule has 126 valence electrons. The van der Waals surface area contributed by atoms with Crippen LogP contribution < -0.4 is 5.49 Å². The number of aryl methyl sites for hydroxylation is 1. The molecule has 3 aromatic heterocycles. The fourth-order valence-corrected chi connectivity index (χ4v) is 2.97. The van der Waals surface area contributed by atoms with Crippen LogP contribution in [0.15, 0.2) is 30.9 Å². The molecule has 0 radical (unpaired) electrons. The van der Waals surface area contributed by atoms with E-state index in [2.05, 4.69) is 47.4 Å². The summed E-state index contributed by atoms with van der Waals surface area (Å²) >= 11 is 0. The van der Waals surface area contributed by atoms with E-state index in [9.17, 15) is 0 Å². The monoisotopic (exact) mass is 324 g/mol. The first-order chi connectivity index (χ1) is 11.5. The minimum Gasteiger partial charge on any atom is -0.328 e. The first-order valence-corrected chi connectivity index (χ1v) is 8.12. The van der Waals surface area contributed by atoms with Crippen LogP contribution in [0.1, 0.15) is 16.8 Å². The standard InChI is InChI=1S/C18H24N6/c1-13-14(2)24(10-9-22(3)4)18-16(13)17(19)23(12-21-18)11-15-5-7-20-8-6-15/h5-8,12,19H,9-11H2,1-4H3. The second kappa shape index (κ2) is 6.57. The van der Waals surface area contributed by atoms with Crippen molar-refractivity contribution in [3.8, 4) is 0 Å². The summed E-state index contributed by atoms with van der Waals surface area (Å²) in [5.41, 5.74) is 4.87. The molecule has 0 saturated heterocycles. The van der Waals surface area contributed by atoms with Crippen LogP contribution in [-0.2, 0) is 13.1 Å². The average Bonchev–Trinajstić information content (AvgIpc) is 2.81. The van der Waals surface area contributed by atoms with Crippen molar-refractivity contribution in [2.75, 3.05) is 20.6 Å². The van der Waals surface area contributed by atoms with E-state index in [-0.39, 0.29) is 0 Å². The average molecular weight is 324 g/mol. The summed E-state index contributed by atoms with van der Waals surface area (Å²) in [6.45, 7) is 6.65. The Kier molecular flexibility index (Phi) is 4.49. The van der Waals surface area contributed by atoms with E-state index < -0.39 is 0 Å². The van der Waals surface area contributed by atoms with E-state index in [1.165, 1.54) is 5.69 Å². The lowest BCUT2D eigenvalue weighted by Crippen LogP contribution is -2.22. The molecule has 6 nitrogen and oxygen atoms in total. The molecule has 0 saturated carbocycles. The summed E-state index contributed by atoms with van der Waals surface area (Å²) in [5, 5.41) is 9.59. The first kappa shape index (κ1) is 16.4. The molecule has 3 rings (SSSR count). The molecule has 0 fully saturated rings. The van der Waals surface area contributed by atoms with Crippen molar-refractivity contribution in [3.05, 3.63) is 53.2 Å². The van der Waals surface area contributed by atoms with Gasteiger partial charge in [-0.3, -0.25) is 10.4 Å². The highest BCUT2D eigenvalue weighted by Crippen LogP contribution is 2.20. The lowest BCUT2D eigenvalue weighted by Gasteiger charge is -2.13. The van der Waals surface area contributed by atoms with Crippen LogP contribution in [0.25, 0.3) is 11.0 Å². The highest BCUT2D eigenvalue weighted by Gasteiger charge is 2.15. The number of hydrogen-bond acceptors (Lipinski definition) is 4. The number of nitrogens with one attached hydrogen (secondary N) is 1. The zero-order valence-corrected chi connectivity index (χ0v) is 14.7. The van der Waals surface area contributed by atoms with Crippen LogP contribution in [0.5, 0.6) is 0 Å². The number of aromatic nitrogens is 4. The molecule has 1 N–H and O–H groups in total. The maximum absolute atomic E-state index is 8.64. The topological polar surface area (TPSA) is 62.7 Å². The lowest BCUT2D eigenvalue weighted by molar-refractivity contribution is 0.384. The molecule has 0 unspecified atom stereocenters. The van der Waals surface area contributed by atoms with E-state index >= 15 is 0 Å². The van der Waals surface area contributed by atoms with Gasteiger partial charge in [0.2, 0.25) is 0 Å². The Labute approximate surface area is 141 Å². The van der Waals surface area contributed by atoms with Crippen molar-refractivity contribution in [2.24, 2.45) is 0 Å². The Morgan fingerprint density at radius 2 is 1.88 bits per heavy atom. The number of hydrogen-bond donors (Lipinski definition) is 1. The molecule has 24 heavy (non-hydrogen) atoms. The summed E-state index contributed by atoms with van der Waals surface area (Å²) in [6.07, 6.45) is 5.33. The smallest absolute Gasteiger partial charge is 0.145 e. The van der Waals surface area contributed by atoms with E-state index in [0.29, 0.717) is 12.0 Å². The Balaban J connectivity index is 2.06. The van der Waals surface area contributed by atoms with Gasteiger partial charge >= 0.3 is 0 Å². The summed E-state index contributed by atoms with van der Waals surface area (Å²) in [4.78, 5) is 10.9. The highest BCUT2D eigenvalue weighted by atomic mass is 15.1. The van der Waals surface area contributed by atoms with Crippen LogP contribution in [-0.4, -0.2) is 44.6 Å². The molecule has 0 aromatic carbocycles. The van der Waals surface area contributed by atoms with Crippen LogP contribution in [0.3, 0.4) is 0 Å². The normalized spacial score (nSPS) is 11.5. The lowest BCUT2D eigenvalue weighted by atomic mass is 10.2. The largest absolute Gasteiger partial charge is 0.328 e. The fourth-order valence-electron chi connectivity index (χ4n) is 2.97. The van der Waals surface area contributed by atoms with Gasteiger partial charge in [0.25, 0.3) is 0 Å². The molecule has 3 aromatic rings. The molecule has 6 heteroatoms. The minimum absolute atomic E-state index is 0.515. The van der Waals surface area contributed by atoms with Gasteiger partial charge in [0.1, 0.15) is 11.1 Å². The molecule has 0 aliphatic carbocycles. The van der Waals surface area contributed by atoms with E-state index in [4.69, 9.17) is 5.41 Å². The Morgan fingerprint density at radius 1 is 1.17 bits per heavy atom. The van der Waals surface area contributed by atoms with Gasteiger partial charge in [-0.1, -0.05) is 0 Å². The number of likely N-dealkylation sites (N-methyl/N-ethyl adjacent to an activating group) is 1. The molecule has 0 bridgehead atoms. The van der Waals surface area contributed by atoms with Crippen molar-refractivity contribution in [2.45, 2.75) is 26.9 Å². The summed E-state index contributed by atoms with van der Waals surface area (Å²) in [7, 11) is 4.14. The third-order valence-corrected chi connectivity index (χ3v) is 4.52. The Hall–Kier alpha value is -2.47. The van der Waals surface area contributed by atoms with Gasteiger partial charge in [-0.15, -0.1) is 0 Å². The molecule has 3 heterocycles. The molecule has 0 amide bonds. The van der Waals surface area contributed by atoms with Crippen molar-refractivity contribution in [3.63, 3.8) is 0 Å². The van der Waals surface area contributed by atoms with Crippen LogP contribution in [0.2, 0.25) is 0 Å². The van der Waals surface area contributed by atoms with Gasteiger partial charge in [0, 0.05) is 31.2 Å². The van der Waals surface area contributed by atoms with Crippen molar-refractivity contribution in [1.82, 2.24) is 24.0 Å². The molecular formula is C18H24N6. The maximum Gasteiger partial charge on any atom is 0.145 e. The van der Waals surface area contributed by atoms with Crippen LogP contribution in [0.4, 0.5) is 0 Å². The van der Waals surface area contributed by atoms with E-state index in [1.807, 2.05) is 16.7 Å². The minimum atomic E-state index is 0.515. The Morgan fingerprint density at radius 3 is 2.54 bits per heavy atom. The number of fused-ring (bicyclic) bond motifs is 1. The fraction of sp³-hybridized carbons (Fsp3) is 0.389. The quantitative estimate of drug-likeness (QED) is 0.780. The van der Waals surface area contributed by atoms with Gasteiger partial charge in [0.05, 0.1) is 18.3 Å². The van der Waals surface area contributed by atoms with E-state index in [1.54, 1.807) is 18.7 Å². The summed E-state index contributed by atoms with van der Waals surface area (Å²) in [6, 6.07) is 3.94.